The van der Waals surface area contributed by atoms with Gasteiger partial charge in [-0.3, -0.25) is 19.4 Å². The van der Waals surface area contributed by atoms with Gasteiger partial charge in [0, 0.05) is 58.5 Å². The Morgan fingerprint density at radius 2 is 1.59 bits per heavy atom. The predicted molar refractivity (Wildman–Crippen MR) is 118 cm³/mol. The summed E-state index contributed by atoms with van der Waals surface area (Å²) in [6.07, 6.45) is 2.42. The first kappa shape index (κ1) is 23.9. The fourth-order valence-corrected chi connectivity index (χ4v) is 6.71. The lowest BCUT2D eigenvalue weighted by molar-refractivity contribution is -0.139. The first-order valence-electron chi connectivity index (χ1n) is 11.8. The van der Waals surface area contributed by atoms with E-state index in [1.165, 1.54) is 0 Å². The van der Waals surface area contributed by atoms with Gasteiger partial charge in [-0.25, -0.2) is 8.42 Å². The van der Waals surface area contributed by atoms with Crippen LogP contribution in [0.1, 0.15) is 19.3 Å². The molecule has 4 saturated heterocycles. The number of carbonyl (C=O) groups is 2. The van der Waals surface area contributed by atoms with Crippen LogP contribution in [0.3, 0.4) is 0 Å². The molecule has 4 fully saturated rings. The van der Waals surface area contributed by atoms with Crippen molar-refractivity contribution >= 4 is 21.7 Å². The van der Waals surface area contributed by atoms with Gasteiger partial charge in [0.2, 0.25) is 11.8 Å². The zero-order chi connectivity index (χ0) is 22.6. The molecule has 0 radical (unpaired) electrons. The molecule has 11 heteroatoms. The van der Waals surface area contributed by atoms with Crippen LogP contribution in [-0.2, 0) is 28.9 Å². The fourth-order valence-electron chi connectivity index (χ4n) is 4.98. The maximum absolute atomic E-state index is 13.2. The normalized spacial score (nSPS) is 29.3. The zero-order valence-corrected chi connectivity index (χ0v) is 19.6. The van der Waals surface area contributed by atoms with Crippen LogP contribution in [0, 0.1) is 0 Å². The number of carbonyl (C=O) groups excluding carboxylic acids is 2. The first-order valence-corrected chi connectivity index (χ1v) is 13.6. The highest BCUT2D eigenvalue weighted by molar-refractivity contribution is 7.91. The van der Waals surface area contributed by atoms with Crippen LogP contribution in [0.4, 0.5) is 0 Å². The number of hydrogen-bond acceptors (Lipinski definition) is 8. The minimum Gasteiger partial charge on any atom is -0.378 e. The summed E-state index contributed by atoms with van der Waals surface area (Å²) in [5.74, 6) is 0.342. The third kappa shape index (κ3) is 6.40. The smallest absolute Gasteiger partial charge is 0.237 e. The van der Waals surface area contributed by atoms with Crippen LogP contribution >= 0.6 is 0 Å². The number of piperazine rings is 1. The van der Waals surface area contributed by atoms with E-state index in [9.17, 15) is 18.0 Å². The third-order valence-corrected chi connectivity index (χ3v) is 8.69. The van der Waals surface area contributed by atoms with E-state index < -0.39 is 9.84 Å². The van der Waals surface area contributed by atoms with E-state index in [4.69, 9.17) is 9.47 Å². The van der Waals surface area contributed by atoms with Gasteiger partial charge in [-0.15, -0.1) is 0 Å². The summed E-state index contributed by atoms with van der Waals surface area (Å²) in [7, 11) is -3.07. The van der Waals surface area contributed by atoms with Crippen molar-refractivity contribution in [3.8, 4) is 0 Å². The largest absolute Gasteiger partial charge is 0.378 e. The van der Waals surface area contributed by atoms with Gasteiger partial charge >= 0.3 is 0 Å². The second-order valence-corrected chi connectivity index (χ2v) is 11.5. The first-order chi connectivity index (χ1) is 15.4. The van der Waals surface area contributed by atoms with E-state index in [0.717, 1.165) is 39.0 Å². The molecule has 32 heavy (non-hydrogen) atoms. The van der Waals surface area contributed by atoms with Crippen molar-refractivity contribution in [3.05, 3.63) is 0 Å². The van der Waals surface area contributed by atoms with E-state index in [-0.39, 0.29) is 42.0 Å². The van der Waals surface area contributed by atoms with Gasteiger partial charge in [0.25, 0.3) is 0 Å². The van der Waals surface area contributed by atoms with Gasteiger partial charge < -0.3 is 19.3 Å². The Hall–Kier alpha value is -1.27. The lowest BCUT2D eigenvalue weighted by Crippen LogP contribution is -2.54. The molecule has 4 aliphatic heterocycles. The average molecular weight is 473 g/mol. The quantitative estimate of drug-likeness (QED) is 0.449. The highest BCUT2D eigenvalue weighted by Gasteiger charge is 2.37. The van der Waals surface area contributed by atoms with Crippen LogP contribution in [-0.4, -0.2) is 142 Å². The Labute approximate surface area is 190 Å². The summed E-state index contributed by atoms with van der Waals surface area (Å²) >= 11 is 0. The van der Waals surface area contributed by atoms with Crippen LogP contribution < -0.4 is 0 Å². The molecule has 4 rings (SSSR count). The molecule has 0 N–H and O–H groups in total. The molecule has 0 saturated carbocycles. The van der Waals surface area contributed by atoms with Crippen molar-refractivity contribution in [1.82, 2.24) is 19.6 Å². The molecular formula is C21H36N4O6S. The molecule has 2 unspecified atom stereocenters. The second kappa shape index (κ2) is 10.8. The summed E-state index contributed by atoms with van der Waals surface area (Å²) in [5, 5.41) is 0. The molecule has 2 atom stereocenters. The number of rotatable bonds is 7. The fraction of sp³-hybridized carbons (Fsp3) is 0.905. The van der Waals surface area contributed by atoms with Crippen molar-refractivity contribution in [2.24, 2.45) is 0 Å². The summed E-state index contributed by atoms with van der Waals surface area (Å²) in [6.45, 7) is 7.33. The highest BCUT2D eigenvalue weighted by Crippen LogP contribution is 2.22. The Morgan fingerprint density at radius 1 is 0.906 bits per heavy atom. The van der Waals surface area contributed by atoms with Gasteiger partial charge in [0.15, 0.2) is 9.84 Å². The van der Waals surface area contributed by atoms with Crippen LogP contribution in [0.2, 0.25) is 0 Å². The number of ether oxygens (including phenoxy) is 2. The minimum absolute atomic E-state index is 0.00491. The molecule has 182 valence electrons. The van der Waals surface area contributed by atoms with Gasteiger partial charge in [0.05, 0.1) is 43.9 Å². The predicted octanol–water partition coefficient (Wildman–Crippen LogP) is -1.34. The Balaban J connectivity index is 1.26. The van der Waals surface area contributed by atoms with Gasteiger partial charge in [-0.1, -0.05) is 0 Å². The van der Waals surface area contributed by atoms with E-state index in [0.29, 0.717) is 52.4 Å². The molecular weight excluding hydrogens is 436 g/mol. The number of amides is 2. The van der Waals surface area contributed by atoms with Gasteiger partial charge in [-0.05, 0) is 19.3 Å². The van der Waals surface area contributed by atoms with E-state index in [1.54, 1.807) is 4.90 Å². The Bertz CT molecular complexity index is 758. The second-order valence-electron chi connectivity index (χ2n) is 9.28. The van der Waals surface area contributed by atoms with E-state index >= 15 is 0 Å². The molecule has 0 aliphatic carbocycles. The van der Waals surface area contributed by atoms with Crippen LogP contribution in [0.15, 0.2) is 0 Å². The van der Waals surface area contributed by atoms with Crippen molar-refractivity contribution in [2.45, 2.75) is 31.4 Å². The SMILES string of the molecule is O=C(CN1CCN(CC(=O)N(CC2CCCO2)C2CCS(=O)(=O)C2)CC1)N1CCOCC1. The monoisotopic (exact) mass is 472 g/mol. The number of morpholine rings is 1. The van der Waals surface area contributed by atoms with Crippen LogP contribution in [0.25, 0.3) is 0 Å². The molecule has 0 aromatic carbocycles. The highest BCUT2D eigenvalue weighted by atomic mass is 32.2. The number of sulfone groups is 1. The average Bonchev–Trinajstić information content (AvgIpc) is 3.43. The zero-order valence-electron chi connectivity index (χ0n) is 18.8. The number of nitrogens with zero attached hydrogens (tertiary/aromatic N) is 4. The maximum atomic E-state index is 13.2. The molecule has 2 amide bonds. The van der Waals surface area contributed by atoms with Crippen molar-refractivity contribution < 1.29 is 27.5 Å². The summed E-state index contributed by atoms with van der Waals surface area (Å²) in [6, 6.07) is -0.246. The maximum Gasteiger partial charge on any atom is 0.237 e. The molecule has 4 aliphatic rings. The standard InChI is InChI=1S/C21H36N4O6S/c26-20(24-8-11-30-12-9-24)15-22-4-6-23(7-5-22)16-21(27)25(14-19-2-1-10-31-19)18-3-13-32(28,29)17-18/h18-19H,1-17H2. The Morgan fingerprint density at radius 3 is 2.19 bits per heavy atom. The van der Waals surface area contributed by atoms with Crippen molar-refractivity contribution in [1.29, 1.82) is 0 Å². The summed E-state index contributed by atoms with van der Waals surface area (Å²) in [5.41, 5.74) is 0. The molecule has 0 bridgehead atoms. The minimum atomic E-state index is -3.07. The van der Waals surface area contributed by atoms with Crippen molar-refractivity contribution in [2.75, 3.05) is 90.2 Å². The van der Waals surface area contributed by atoms with Crippen molar-refractivity contribution in [3.63, 3.8) is 0 Å². The van der Waals surface area contributed by atoms with Gasteiger partial charge in [-0.2, -0.15) is 0 Å². The molecule has 10 nitrogen and oxygen atoms in total. The van der Waals surface area contributed by atoms with Crippen LogP contribution in [0.5, 0.6) is 0 Å². The van der Waals surface area contributed by atoms with E-state index in [1.807, 2.05) is 4.90 Å². The lowest BCUT2D eigenvalue weighted by atomic mass is 10.1. The summed E-state index contributed by atoms with van der Waals surface area (Å²) in [4.78, 5) is 33.6. The lowest BCUT2D eigenvalue weighted by Gasteiger charge is -2.37. The van der Waals surface area contributed by atoms with Gasteiger partial charge in [0.1, 0.15) is 0 Å². The topological polar surface area (TPSA) is 99.7 Å². The van der Waals surface area contributed by atoms with E-state index in [2.05, 4.69) is 9.80 Å². The Kier molecular flexibility index (Phi) is 8.04. The molecule has 0 aromatic heterocycles. The molecule has 0 spiro atoms. The molecule has 4 heterocycles. The summed E-state index contributed by atoms with van der Waals surface area (Å²) < 4.78 is 35.1. The number of hydrogen-bond donors (Lipinski definition) is 0. The third-order valence-electron chi connectivity index (χ3n) is 6.94. The molecule has 0 aromatic rings.